The number of thiazole rings is 1. The molecular weight excluding hydrogens is 465 g/mol. The number of ether oxygens (including phenoxy) is 1. The molecule has 2 aromatic carbocycles. The second kappa shape index (κ2) is 8.70. The standard InChI is InChI=1S/C27H24FN3O3S/c28-21-13-17(14-31-15-19(16-31)34-26(32)33)7-8-20(21)24-29-22-9-10-23(30-25(22)35-24)27(11-4-12-27)18-5-2-1-3-6-18/h1-3,5-10,13,19H,4,11-12,14-16H2,(H,32,33). The third-order valence-electron chi connectivity index (χ3n) is 7.14. The first kappa shape index (κ1) is 22.1. The highest BCUT2D eigenvalue weighted by Crippen LogP contribution is 2.48. The fraction of sp³-hybridized carbons (Fsp3) is 0.296. The molecule has 6 rings (SSSR count). The topological polar surface area (TPSA) is 75.6 Å². The van der Waals surface area contributed by atoms with E-state index in [1.165, 1.54) is 29.4 Å². The Kier molecular flexibility index (Phi) is 5.50. The van der Waals surface area contributed by atoms with Crippen LogP contribution in [0, 0.1) is 5.82 Å². The Balaban J connectivity index is 1.22. The van der Waals surface area contributed by atoms with Crippen molar-refractivity contribution in [3.05, 3.63) is 83.3 Å². The van der Waals surface area contributed by atoms with Crippen LogP contribution in [0.2, 0.25) is 0 Å². The minimum atomic E-state index is -1.26. The Labute approximate surface area is 206 Å². The van der Waals surface area contributed by atoms with E-state index >= 15 is 4.39 Å². The van der Waals surface area contributed by atoms with Crippen LogP contribution in [0.4, 0.5) is 9.18 Å². The molecule has 0 unspecified atom stereocenters. The van der Waals surface area contributed by atoms with Gasteiger partial charge in [0.2, 0.25) is 0 Å². The van der Waals surface area contributed by atoms with Gasteiger partial charge in [-0.25, -0.2) is 19.2 Å². The second-order valence-corrected chi connectivity index (χ2v) is 10.3. The fourth-order valence-corrected chi connectivity index (χ4v) is 6.10. The van der Waals surface area contributed by atoms with Crippen LogP contribution in [0.1, 0.15) is 36.1 Å². The van der Waals surface area contributed by atoms with Gasteiger partial charge < -0.3 is 9.84 Å². The van der Waals surface area contributed by atoms with Crippen LogP contribution in [0.3, 0.4) is 0 Å². The predicted molar refractivity (Wildman–Crippen MR) is 132 cm³/mol. The summed E-state index contributed by atoms with van der Waals surface area (Å²) in [4.78, 5) is 23.1. The van der Waals surface area contributed by atoms with Crippen molar-refractivity contribution < 1.29 is 19.0 Å². The van der Waals surface area contributed by atoms with Crippen molar-refractivity contribution in [2.75, 3.05) is 13.1 Å². The van der Waals surface area contributed by atoms with Gasteiger partial charge in [-0.2, -0.15) is 0 Å². The van der Waals surface area contributed by atoms with Crippen LogP contribution in [0.25, 0.3) is 20.9 Å². The molecule has 35 heavy (non-hydrogen) atoms. The largest absolute Gasteiger partial charge is 0.506 e. The lowest BCUT2D eigenvalue weighted by atomic mass is 9.62. The van der Waals surface area contributed by atoms with E-state index in [1.54, 1.807) is 6.07 Å². The van der Waals surface area contributed by atoms with E-state index in [4.69, 9.17) is 14.8 Å². The molecule has 2 aromatic heterocycles. The first-order chi connectivity index (χ1) is 17.0. The predicted octanol–water partition coefficient (Wildman–Crippen LogP) is 5.85. The van der Waals surface area contributed by atoms with Crippen molar-refractivity contribution in [3.8, 4) is 10.6 Å². The molecule has 0 bridgehead atoms. The van der Waals surface area contributed by atoms with Crippen molar-refractivity contribution in [1.29, 1.82) is 0 Å². The van der Waals surface area contributed by atoms with Crippen molar-refractivity contribution in [2.45, 2.75) is 37.3 Å². The van der Waals surface area contributed by atoms with Crippen molar-refractivity contribution in [3.63, 3.8) is 0 Å². The van der Waals surface area contributed by atoms with Crippen LogP contribution in [-0.4, -0.2) is 45.3 Å². The first-order valence-corrected chi connectivity index (χ1v) is 12.6. The number of nitrogens with zero attached hydrogens (tertiary/aromatic N) is 3. The molecule has 2 fully saturated rings. The molecular formula is C27H24FN3O3S. The lowest BCUT2D eigenvalue weighted by Crippen LogP contribution is -2.52. The Morgan fingerprint density at radius 3 is 2.60 bits per heavy atom. The third kappa shape index (κ3) is 4.06. The van der Waals surface area contributed by atoms with E-state index < -0.39 is 6.16 Å². The lowest BCUT2D eigenvalue weighted by molar-refractivity contribution is -0.0363. The van der Waals surface area contributed by atoms with Crippen molar-refractivity contribution >= 4 is 27.8 Å². The minimum Gasteiger partial charge on any atom is -0.450 e. The number of hydrogen-bond donors (Lipinski definition) is 1. The van der Waals surface area contributed by atoms with E-state index in [1.807, 2.05) is 23.1 Å². The van der Waals surface area contributed by atoms with Gasteiger partial charge in [0.15, 0.2) is 0 Å². The molecule has 0 amide bonds. The molecule has 178 valence electrons. The summed E-state index contributed by atoms with van der Waals surface area (Å²) in [7, 11) is 0. The molecule has 4 aromatic rings. The lowest BCUT2D eigenvalue weighted by Gasteiger charge is -2.42. The zero-order chi connectivity index (χ0) is 24.0. The summed E-state index contributed by atoms with van der Waals surface area (Å²) in [6, 6.07) is 19.8. The Morgan fingerprint density at radius 2 is 1.91 bits per heavy atom. The smallest absolute Gasteiger partial charge is 0.450 e. The maximum Gasteiger partial charge on any atom is 0.506 e. The Morgan fingerprint density at radius 1 is 1.11 bits per heavy atom. The Hall–Kier alpha value is -3.36. The summed E-state index contributed by atoms with van der Waals surface area (Å²) < 4.78 is 19.8. The van der Waals surface area contributed by atoms with Crippen LogP contribution in [0.5, 0.6) is 0 Å². The molecule has 1 saturated carbocycles. The zero-order valence-electron chi connectivity index (χ0n) is 19.0. The van der Waals surface area contributed by atoms with Gasteiger partial charge in [-0.3, -0.25) is 4.90 Å². The number of rotatable bonds is 6. The molecule has 1 aliphatic heterocycles. The van der Waals surface area contributed by atoms with E-state index in [0.717, 1.165) is 34.4 Å². The molecule has 8 heteroatoms. The van der Waals surface area contributed by atoms with Crippen molar-refractivity contribution in [2.24, 2.45) is 0 Å². The minimum absolute atomic E-state index is 0.0438. The average molecular weight is 490 g/mol. The average Bonchev–Trinajstić information content (AvgIpc) is 3.21. The summed E-state index contributed by atoms with van der Waals surface area (Å²) in [5.41, 5.74) is 4.40. The number of aromatic nitrogens is 2. The number of halogens is 1. The summed E-state index contributed by atoms with van der Waals surface area (Å²) >= 11 is 1.42. The number of likely N-dealkylation sites (tertiary alicyclic amines) is 1. The highest BCUT2D eigenvalue weighted by molar-refractivity contribution is 7.21. The number of benzene rings is 2. The molecule has 1 saturated heterocycles. The molecule has 1 aliphatic carbocycles. The van der Waals surface area contributed by atoms with Gasteiger partial charge in [-0.05, 0) is 48.2 Å². The molecule has 0 radical (unpaired) electrons. The van der Waals surface area contributed by atoms with Gasteiger partial charge in [0.25, 0.3) is 0 Å². The van der Waals surface area contributed by atoms with Crippen LogP contribution in [0.15, 0.2) is 60.7 Å². The number of fused-ring (bicyclic) bond motifs is 1. The summed E-state index contributed by atoms with van der Waals surface area (Å²) in [6.45, 7) is 1.58. The quantitative estimate of drug-likeness (QED) is 0.343. The molecule has 0 atom stereocenters. The van der Waals surface area contributed by atoms with E-state index in [0.29, 0.717) is 30.2 Å². The molecule has 1 N–H and O–H groups in total. The van der Waals surface area contributed by atoms with Gasteiger partial charge in [0.1, 0.15) is 27.3 Å². The molecule has 3 heterocycles. The third-order valence-corrected chi connectivity index (χ3v) is 8.14. The maximum atomic E-state index is 15.1. The van der Waals surface area contributed by atoms with E-state index in [2.05, 4.69) is 35.3 Å². The number of carboxylic acid groups (broad SMARTS) is 1. The number of hydrogen-bond acceptors (Lipinski definition) is 6. The number of carbonyl (C=O) groups is 1. The monoisotopic (exact) mass is 489 g/mol. The van der Waals surface area contributed by atoms with Gasteiger partial charge in [-0.15, -0.1) is 0 Å². The van der Waals surface area contributed by atoms with Gasteiger partial charge in [0, 0.05) is 30.6 Å². The van der Waals surface area contributed by atoms with Crippen LogP contribution in [-0.2, 0) is 16.7 Å². The van der Waals surface area contributed by atoms with Gasteiger partial charge >= 0.3 is 6.16 Å². The van der Waals surface area contributed by atoms with Crippen LogP contribution < -0.4 is 0 Å². The SMILES string of the molecule is O=C(O)OC1CN(Cc2ccc(-c3nc4ccc(C5(c6ccccc6)CCC5)nc4s3)c(F)c2)C1. The summed E-state index contributed by atoms with van der Waals surface area (Å²) in [5, 5.41) is 9.30. The van der Waals surface area contributed by atoms with Gasteiger partial charge in [-0.1, -0.05) is 54.2 Å². The number of pyridine rings is 1. The summed E-state index contributed by atoms with van der Waals surface area (Å²) in [6.07, 6.45) is 1.78. The second-order valence-electron chi connectivity index (χ2n) is 9.36. The maximum absolute atomic E-state index is 15.1. The molecule has 2 aliphatic rings. The normalized spacial score (nSPS) is 17.6. The zero-order valence-corrected chi connectivity index (χ0v) is 19.8. The van der Waals surface area contributed by atoms with Crippen LogP contribution >= 0.6 is 11.3 Å². The molecule has 0 spiro atoms. The van der Waals surface area contributed by atoms with Gasteiger partial charge in [0.05, 0.1) is 5.69 Å². The fourth-order valence-electron chi connectivity index (χ4n) is 5.14. The summed E-state index contributed by atoms with van der Waals surface area (Å²) in [5.74, 6) is -0.319. The first-order valence-electron chi connectivity index (χ1n) is 11.7. The van der Waals surface area contributed by atoms with Crippen molar-refractivity contribution in [1.82, 2.24) is 14.9 Å². The highest BCUT2D eigenvalue weighted by atomic mass is 32.1. The Bertz CT molecular complexity index is 1400. The highest BCUT2D eigenvalue weighted by Gasteiger charge is 2.41. The van der Waals surface area contributed by atoms with E-state index in [9.17, 15) is 4.79 Å². The molecule has 6 nitrogen and oxygen atoms in total. The van der Waals surface area contributed by atoms with E-state index in [-0.39, 0.29) is 17.3 Å².